The molecule has 0 aromatic carbocycles. The lowest BCUT2D eigenvalue weighted by Gasteiger charge is -2.13. The number of nitrogens with zero attached hydrogens (tertiary/aromatic N) is 3. The topological polar surface area (TPSA) is 82.3 Å². The van der Waals surface area contributed by atoms with Crippen LogP contribution in [0.2, 0.25) is 0 Å². The Balaban J connectivity index is 1.50. The van der Waals surface area contributed by atoms with Crippen molar-refractivity contribution >= 4 is 38.8 Å². The normalized spacial score (nSPS) is 14.6. The van der Waals surface area contributed by atoms with Crippen molar-refractivity contribution in [2.75, 3.05) is 13.1 Å². The fourth-order valence-corrected chi connectivity index (χ4v) is 4.57. The summed E-state index contributed by atoms with van der Waals surface area (Å²) in [7, 11) is 0. The maximum atomic E-state index is 4.95. The van der Waals surface area contributed by atoms with Gasteiger partial charge in [0.25, 0.3) is 0 Å². The minimum atomic E-state index is 0.837. The molecular weight excluding hydrogens is 380 g/mol. The lowest BCUT2D eigenvalue weighted by molar-refractivity contribution is 0.737. The minimum Gasteiger partial charge on any atom is -0.353 e. The van der Waals surface area contributed by atoms with Crippen LogP contribution in [0.3, 0.4) is 0 Å². The number of fused-ring (bicyclic) bond motifs is 2. The summed E-state index contributed by atoms with van der Waals surface area (Å²) < 4.78 is 0. The summed E-state index contributed by atoms with van der Waals surface area (Å²) in [5.41, 5.74) is 9.09. The van der Waals surface area contributed by atoms with E-state index in [2.05, 4.69) is 66.6 Å². The van der Waals surface area contributed by atoms with Gasteiger partial charge in [0.1, 0.15) is 11.2 Å². The molecule has 0 spiro atoms. The molecule has 0 aliphatic carbocycles. The van der Waals surface area contributed by atoms with Gasteiger partial charge in [-0.05, 0) is 54.3 Å². The van der Waals surface area contributed by atoms with E-state index in [1.165, 1.54) is 5.57 Å². The van der Waals surface area contributed by atoms with Crippen LogP contribution in [-0.4, -0.2) is 38.2 Å². The first-order valence-corrected chi connectivity index (χ1v) is 10.6. The highest BCUT2D eigenvalue weighted by Gasteiger charge is 2.16. The number of hydrogen-bond donors (Lipinski definition) is 3. The molecule has 1 aliphatic heterocycles. The fourth-order valence-electron chi connectivity index (χ4n) is 3.93. The molecule has 0 bridgehead atoms. The van der Waals surface area contributed by atoms with Crippen molar-refractivity contribution in [1.82, 2.24) is 30.5 Å². The molecule has 0 radical (unpaired) electrons. The molecule has 0 fully saturated rings. The van der Waals surface area contributed by atoms with Crippen LogP contribution in [0.5, 0.6) is 0 Å². The van der Waals surface area contributed by atoms with Gasteiger partial charge in [-0.2, -0.15) is 16.4 Å². The lowest BCUT2D eigenvalue weighted by Crippen LogP contribution is -2.20. The summed E-state index contributed by atoms with van der Waals surface area (Å²) in [6.07, 6.45) is 5.06. The van der Waals surface area contributed by atoms with Crippen LogP contribution < -0.4 is 5.32 Å². The largest absolute Gasteiger partial charge is 0.353 e. The third-order valence-corrected chi connectivity index (χ3v) is 6.08. The van der Waals surface area contributed by atoms with Crippen molar-refractivity contribution in [3.05, 3.63) is 59.1 Å². The lowest BCUT2D eigenvalue weighted by atomic mass is 10.0. The van der Waals surface area contributed by atoms with Crippen molar-refractivity contribution in [2.24, 2.45) is 0 Å². The van der Waals surface area contributed by atoms with E-state index in [4.69, 9.17) is 4.98 Å². The van der Waals surface area contributed by atoms with Gasteiger partial charge in [-0.3, -0.25) is 10.1 Å². The first kappa shape index (κ1) is 16.6. The van der Waals surface area contributed by atoms with E-state index < -0.39 is 0 Å². The Hall–Kier alpha value is -3.29. The molecule has 6 nitrogen and oxygen atoms in total. The Morgan fingerprint density at radius 2 is 2.03 bits per heavy atom. The van der Waals surface area contributed by atoms with Gasteiger partial charge in [0, 0.05) is 34.6 Å². The number of aromatic amines is 2. The maximum absolute atomic E-state index is 4.95. The molecular formula is C22H18N6S. The highest BCUT2D eigenvalue weighted by Crippen LogP contribution is 2.33. The molecule has 6 heterocycles. The van der Waals surface area contributed by atoms with Crippen LogP contribution in [0.15, 0.2) is 53.4 Å². The second-order valence-electron chi connectivity index (χ2n) is 7.16. The van der Waals surface area contributed by atoms with Crippen LogP contribution in [0.1, 0.15) is 12.1 Å². The summed E-state index contributed by atoms with van der Waals surface area (Å²) in [6, 6.07) is 10.4. The molecule has 0 saturated carbocycles. The molecule has 0 atom stereocenters. The second-order valence-corrected chi connectivity index (χ2v) is 7.94. The maximum Gasteiger partial charge on any atom is 0.135 e. The number of nitrogens with one attached hydrogen (secondary N) is 3. The van der Waals surface area contributed by atoms with Gasteiger partial charge < -0.3 is 10.3 Å². The van der Waals surface area contributed by atoms with Crippen LogP contribution in [-0.2, 0) is 0 Å². The standard InChI is InChI=1S/C22H18N6S/c1-2-18-21(26-16(1)13-3-7-23-8-4-13)22(28-27-18)19-11-15-17(25-19)5-9-24-20(15)14-6-10-29-12-14/h1-3,5-6,9-12,23,25H,4,7-8H2,(H,27,28). The molecule has 1 aliphatic rings. The van der Waals surface area contributed by atoms with E-state index in [9.17, 15) is 0 Å². The summed E-state index contributed by atoms with van der Waals surface area (Å²) in [5, 5.41) is 16.3. The van der Waals surface area contributed by atoms with Crippen molar-refractivity contribution in [1.29, 1.82) is 0 Å². The number of pyridine rings is 2. The molecule has 5 aromatic rings. The monoisotopic (exact) mass is 398 g/mol. The summed E-state index contributed by atoms with van der Waals surface area (Å²) >= 11 is 1.68. The second kappa shape index (κ2) is 6.65. The van der Waals surface area contributed by atoms with E-state index in [1.807, 2.05) is 12.3 Å². The smallest absolute Gasteiger partial charge is 0.135 e. The van der Waals surface area contributed by atoms with Crippen molar-refractivity contribution < 1.29 is 0 Å². The highest BCUT2D eigenvalue weighted by molar-refractivity contribution is 7.08. The van der Waals surface area contributed by atoms with Crippen LogP contribution in [0.4, 0.5) is 0 Å². The van der Waals surface area contributed by atoms with Crippen molar-refractivity contribution in [2.45, 2.75) is 6.42 Å². The molecule has 5 aromatic heterocycles. The predicted octanol–water partition coefficient (Wildman–Crippen LogP) is 4.61. The van der Waals surface area contributed by atoms with Gasteiger partial charge in [0.15, 0.2) is 0 Å². The Morgan fingerprint density at radius 1 is 1.03 bits per heavy atom. The number of H-pyrrole nitrogens is 2. The van der Waals surface area contributed by atoms with Crippen molar-refractivity contribution in [3.8, 4) is 22.6 Å². The number of aromatic nitrogens is 5. The molecule has 0 amide bonds. The third-order valence-electron chi connectivity index (χ3n) is 5.40. The molecule has 7 heteroatoms. The number of thiophene rings is 1. The first-order chi connectivity index (χ1) is 14.4. The number of hydrogen-bond acceptors (Lipinski definition) is 5. The van der Waals surface area contributed by atoms with Crippen LogP contribution in [0.25, 0.3) is 50.2 Å². The van der Waals surface area contributed by atoms with E-state index in [-0.39, 0.29) is 0 Å². The van der Waals surface area contributed by atoms with E-state index in [1.54, 1.807) is 11.3 Å². The Labute approximate surface area is 170 Å². The van der Waals surface area contributed by atoms with Gasteiger partial charge in [-0.15, -0.1) is 0 Å². The summed E-state index contributed by atoms with van der Waals surface area (Å²) in [4.78, 5) is 13.1. The third kappa shape index (κ3) is 2.78. The average Bonchev–Trinajstić information content (AvgIpc) is 3.52. The Kier molecular flexibility index (Phi) is 3.82. The van der Waals surface area contributed by atoms with E-state index in [0.29, 0.717) is 0 Å². The van der Waals surface area contributed by atoms with E-state index >= 15 is 0 Å². The Morgan fingerprint density at radius 3 is 2.90 bits per heavy atom. The fraction of sp³-hybridized carbons (Fsp3) is 0.136. The zero-order valence-corrected chi connectivity index (χ0v) is 16.4. The average molecular weight is 398 g/mol. The molecule has 0 saturated heterocycles. The van der Waals surface area contributed by atoms with Gasteiger partial charge in [0.05, 0.1) is 22.6 Å². The Bertz CT molecular complexity index is 1360. The SMILES string of the molecule is C1=C(c2ccc3[nH]nc(-c4cc5c(-c6ccsc6)nccc5[nH]4)c3n2)CCNC1. The quantitative estimate of drug-likeness (QED) is 0.415. The molecule has 0 unspecified atom stereocenters. The number of rotatable bonds is 3. The molecule has 3 N–H and O–H groups in total. The van der Waals surface area contributed by atoms with Gasteiger partial charge in [0.2, 0.25) is 0 Å². The zero-order valence-electron chi connectivity index (χ0n) is 15.6. The zero-order chi connectivity index (χ0) is 19.2. The van der Waals surface area contributed by atoms with Crippen LogP contribution >= 0.6 is 11.3 Å². The summed E-state index contributed by atoms with van der Waals surface area (Å²) in [6.45, 7) is 1.89. The van der Waals surface area contributed by atoms with Crippen LogP contribution in [0, 0.1) is 0 Å². The molecule has 142 valence electrons. The van der Waals surface area contributed by atoms with Gasteiger partial charge in [-0.25, -0.2) is 4.98 Å². The van der Waals surface area contributed by atoms with Crippen molar-refractivity contribution in [3.63, 3.8) is 0 Å². The van der Waals surface area contributed by atoms with Gasteiger partial charge >= 0.3 is 0 Å². The van der Waals surface area contributed by atoms with E-state index in [0.717, 1.165) is 69.8 Å². The summed E-state index contributed by atoms with van der Waals surface area (Å²) in [5.74, 6) is 0. The van der Waals surface area contributed by atoms with Gasteiger partial charge in [-0.1, -0.05) is 6.08 Å². The predicted molar refractivity (Wildman–Crippen MR) is 118 cm³/mol. The molecule has 29 heavy (non-hydrogen) atoms. The minimum absolute atomic E-state index is 0.837. The highest BCUT2D eigenvalue weighted by atomic mass is 32.1. The molecule has 6 rings (SSSR count). The first-order valence-electron chi connectivity index (χ1n) is 9.63.